The zero-order valence-electron chi connectivity index (χ0n) is 19.8. The van der Waals surface area contributed by atoms with Gasteiger partial charge in [-0.15, -0.1) is 11.3 Å². The summed E-state index contributed by atoms with van der Waals surface area (Å²) < 4.78 is 46.6. The van der Waals surface area contributed by atoms with E-state index in [9.17, 15) is 18.3 Å². The molecular formula is C26H20ClF3N4O2S. The van der Waals surface area contributed by atoms with Crippen molar-refractivity contribution in [2.75, 3.05) is 7.11 Å². The highest BCUT2D eigenvalue weighted by molar-refractivity contribution is 7.15. The van der Waals surface area contributed by atoms with Crippen molar-refractivity contribution in [3.05, 3.63) is 93.6 Å². The molecule has 0 bridgehead atoms. The number of pyridine rings is 2. The Bertz CT molecular complexity index is 1610. The van der Waals surface area contributed by atoms with E-state index in [2.05, 4.69) is 15.0 Å². The standard InChI is InChI=1S/C26H20ClF3N4O2S/c1-14-4-8-19(37-14)22-23(27)17-10-15(5-7-18(17)33-24(22)36-3)25(35,21-12-31-13-34(21)2)16-6-9-20(32-11-16)26(28,29)30/h4-13,35H,1-3H3. The molecule has 0 spiro atoms. The van der Waals surface area contributed by atoms with Gasteiger partial charge in [0.25, 0.3) is 0 Å². The molecule has 4 heterocycles. The predicted octanol–water partition coefficient (Wildman–Crippen LogP) is 6.37. The van der Waals surface area contributed by atoms with Gasteiger partial charge in [-0.05, 0) is 42.8 Å². The number of methoxy groups -OCH3 is 1. The number of hydrogen-bond acceptors (Lipinski definition) is 6. The van der Waals surface area contributed by atoms with E-state index in [1.54, 1.807) is 29.8 Å². The van der Waals surface area contributed by atoms with Crippen molar-refractivity contribution < 1.29 is 23.0 Å². The molecule has 11 heteroatoms. The Hall–Kier alpha value is -3.47. The van der Waals surface area contributed by atoms with Crippen LogP contribution >= 0.6 is 22.9 Å². The fraction of sp³-hybridized carbons (Fsp3) is 0.192. The first-order valence-corrected chi connectivity index (χ1v) is 12.2. The van der Waals surface area contributed by atoms with Crippen LogP contribution in [0.4, 0.5) is 13.2 Å². The van der Waals surface area contributed by atoms with Crippen LogP contribution in [0.15, 0.2) is 61.2 Å². The van der Waals surface area contributed by atoms with Gasteiger partial charge in [-0.3, -0.25) is 4.98 Å². The minimum Gasteiger partial charge on any atom is -0.480 e. The summed E-state index contributed by atoms with van der Waals surface area (Å²) in [6.45, 7) is 1.98. The van der Waals surface area contributed by atoms with Gasteiger partial charge in [-0.1, -0.05) is 23.7 Å². The van der Waals surface area contributed by atoms with Crippen LogP contribution in [0.5, 0.6) is 5.88 Å². The molecule has 0 aliphatic carbocycles. The average molecular weight is 545 g/mol. The number of nitrogens with zero attached hydrogens (tertiary/aromatic N) is 4. The Labute approximate surface area is 219 Å². The summed E-state index contributed by atoms with van der Waals surface area (Å²) in [5.74, 6) is 0.362. The number of aryl methyl sites for hydroxylation is 2. The third-order valence-electron chi connectivity index (χ3n) is 6.15. The maximum absolute atomic E-state index is 13.2. The molecule has 190 valence electrons. The summed E-state index contributed by atoms with van der Waals surface area (Å²) in [5.41, 5.74) is -0.980. The summed E-state index contributed by atoms with van der Waals surface area (Å²) in [6, 6.07) is 11.0. The lowest BCUT2D eigenvalue weighted by Gasteiger charge is -2.30. The fourth-order valence-corrected chi connectivity index (χ4v) is 5.60. The van der Waals surface area contributed by atoms with E-state index in [-0.39, 0.29) is 5.56 Å². The Kier molecular flexibility index (Phi) is 6.21. The van der Waals surface area contributed by atoms with E-state index >= 15 is 0 Å². The summed E-state index contributed by atoms with van der Waals surface area (Å²) in [6.07, 6.45) is -0.639. The SMILES string of the molecule is COc1nc2ccc(C(O)(c3ccc(C(F)(F)F)nc3)c3cncn3C)cc2c(Cl)c1-c1ccc(C)s1. The van der Waals surface area contributed by atoms with Gasteiger partial charge in [-0.25, -0.2) is 9.97 Å². The summed E-state index contributed by atoms with van der Waals surface area (Å²) in [5, 5.41) is 13.1. The molecule has 1 unspecified atom stereocenters. The van der Waals surface area contributed by atoms with Gasteiger partial charge in [0.05, 0.1) is 41.4 Å². The van der Waals surface area contributed by atoms with Gasteiger partial charge in [0.1, 0.15) is 5.69 Å². The van der Waals surface area contributed by atoms with E-state index in [4.69, 9.17) is 16.3 Å². The smallest absolute Gasteiger partial charge is 0.433 e. The molecule has 0 saturated heterocycles. The Morgan fingerprint density at radius 1 is 1.05 bits per heavy atom. The number of benzene rings is 1. The first-order chi connectivity index (χ1) is 17.5. The molecule has 0 aliphatic rings. The number of alkyl halides is 3. The maximum Gasteiger partial charge on any atom is 0.433 e. The number of hydrogen-bond donors (Lipinski definition) is 1. The third-order valence-corrected chi connectivity index (χ3v) is 7.56. The van der Waals surface area contributed by atoms with Crippen molar-refractivity contribution in [3.63, 3.8) is 0 Å². The molecular weight excluding hydrogens is 525 g/mol. The summed E-state index contributed by atoms with van der Waals surface area (Å²) in [4.78, 5) is 14.2. The minimum atomic E-state index is -4.61. The Morgan fingerprint density at radius 3 is 2.38 bits per heavy atom. The number of imidazole rings is 1. The fourth-order valence-electron chi connectivity index (χ4n) is 4.30. The lowest BCUT2D eigenvalue weighted by atomic mass is 9.83. The molecule has 37 heavy (non-hydrogen) atoms. The predicted molar refractivity (Wildman–Crippen MR) is 136 cm³/mol. The van der Waals surface area contributed by atoms with E-state index in [0.29, 0.717) is 38.6 Å². The summed E-state index contributed by atoms with van der Waals surface area (Å²) in [7, 11) is 3.20. The highest BCUT2D eigenvalue weighted by atomic mass is 35.5. The molecule has 0 radical (unpaired) electrons. The monoisotopic (exact) mass is 544 g/mol. The Balaban J connectivity index is 1.75. The molecule has 1 aromatic carbocycles. The van der Waals surface area contributed by atoms with Crippen molar-refractivity contribution in [1.82, 2.24) is 19.5 Å². The second-order valence-electron chi connectivity index (χ2n) is 8.48. The van der Waals surface area contributed by atoms with Crippen molar-refractivity contribution in [1.29, 1.82) is 0 Å². The molecule has 0 amide bonds. The second-order valence-corrected chi connectivity index (χ2v) is 10.1. The van der Waals surface area contributed by atoms with Crippen LogP contribution in [-0.4, -0.2) is 31.7 Å². The lowest BCUT2D eigenvalue weighted by molar-refractivity contribution is -0.141. The summed E-state index contributed by atoms with van der Waals surface area (Å²) >= 11 is 8.45. The largest absolute Gasteiger partial charge is 0.480 e. The highest BCUT2D eigenvalue weighted by Crippen LogP contribution is 2.45. The molecule has 1 atom stereocenters. The molecule has 5 aromatic rings. The van der Waals surface area contributed by atoms with Crippen molar-refractivity contribution in [2.45, 2.75) is 18.7 Å². The van der Waals surface area contributed by atoms with Gasteiger partial charge in [0, 0.05) is 33.9 Å². The van der Waals surface area contributed by atoms with Crippen LogP contribution in [-0.2, 0) is 18.8 Å². The topological polar surface area (TPSA) is 73.1 Å². The van der Waals surface area contributed by atoms with Crippen LogP contribution in [0.25, 0.3) is 21.3 Å². The first kappa shape index (κ1) is 25.2. The van der Waals surface area contributed by atoms with Crippen LogP contribution < -0.4 is 4.74 Å². The van der Waals surface area contributed by atoms with Crippen LogP contribution in [0.3, 0.4) is 0 Å². The molecule has 1 N–H and O–H groups in total. The average Bonchev–Trinajstić information content (AvgIpc) is 3.50. The number of halogens is 4. The zero-order chi connectivity index (χ0) is 26.5. The van der Waals surface area contributed by atoms with Crippen LogP contribution in [0, 0.1) is 6.92 Å². The number of rotatable bonds is 5. The van der Waals surface area contributed by atoms with Crippen LogP contribution in [0.1, 0.15) is 27.4 Å². The van der Waals surface area contributed by atoms with E-state index in [0.717, 1.165) is 22.0 Å². The quantitative estimate of drug-likeness (QED) is 0.278. The van der Waals surface area contributed by atoms with Gasteiger partial charge in [0.15, 0.2) is 5.60 Å². The van der Waals surface area contributed by atoms with Crippen molar-refractivity contribution >= 4 is 33.8 Å². The zero-order valence-corrected chi connectivity index (χ0v) is 21.4. The molecule has 0 fully saturated rings. The number of fused-ring (bicyclic) bond motifs is 1. The Morgan fingerprint density at radius 2 is 1.81 bits per heavy atom. The van der Waals surface area contributed by atoms with Crippen LogP contribution in [0.2, 0.25) is 5.02 Å². The van der Waals surface area contributed by atoms with Gasteiger partial charge in [0.2, 0.25) is 5.88 Å². The number of thiophene rings is 1. The van der Waals surface area contributed by atoms with Crippen molar-refractivity contribution in [3.8, 4) is 16.3 Å². The van der Waals surface area contributed by atoms with E-state index < -0.39 is 17.5 Å². The van der Waals surface area contributed by atoms with E-state index in [1.165, 1.54) is 37.0 Å². The lowest BCUT2D eigenvalue weighted by Crippen LogP contribution is -2.31. The minimum absolute atomic E-state index is 0.134. The van der Waals surface area contributed by atoms with Gasteiger partial charge >= 0.3 is 6.18 Å². The number of ether oxygens (including phenoxy) is 1. The highest BCUT2D eigenvalue weighted by Gasteiger charge is 2.39. The third kappa shape index (κ3) is 4.24. The van der Waals surface area contributed by atoms with Crippen molar-refractivity contribution in [2.24, 2.45) is 7.05 Å². The number of aromatic nitrogens is 4. The number of aliphatic hydroxyl groups is 1. The second kappa shape index (κ2) is 9.13. The molecule has 0 aliphatic heterocycles. The first-order valence-electron chi connectivity index (χ1n) is 11.0. The molecule has 6 nitrogen and oxygen atoms in total. The molecule has 0 saturated carbocycles. The van der Waals surface area contributed by atoms with Gasteiger partial charge < -0.3 is 14.4 Å². The van der Waals surface area contributed by atoms with E-state index in [1.807, 2.05) is 19.1 Å². The maximum atomic E-state index is 13.2. The molecule has 5 rings (SSSR count). The molecule has 4 aromatic heterocycles. The van der Waals surface area contributed by atoms with Gasteiger partial charge in [-0.2, -0.15) is 13.2 Å². The normalized spacial score (nSPS) is 13.6.